The Labute approximate surface area is 102 Å². The number of aryl methyl sites for hydroxylation is 1. The molecular weight excluding hydrogens is 246 g/mol. The number of halogens is 1. The van der Waals surface area contributed by atoms with Crippen molar-refractivity contribution in [2.24, 2.45) is 0 Å². The van der Waals surface area contributed by atoms with Gasteiger partial charge in [-0.3, -0.25) is 0 Å². The minimum atomic E-state index is -0.695. The zero-order chi connectivity index (χ0) is 11.5. The van der Waals surface area contributed by atoms with Crippen molar-refractivity contribution >= 4 is 22.9 Å². The summed E-state index contributed by atoms with van der Waals surface area (Å²) in [6.45, 7) is 2.81. The molecule has 0 amide bonds. The van der Waals surface area contributed by atoms with E-state index in [9.17, 15) is 5.11 Å². The predicted molar refractivity (Wildman–Crippen MR) is 63.7 cm³/mol. The molecule has 2 rings (SSSR count). The van der Waals surface area contributed by atoms with E-state index in [0.717, 1.165) is 17.8 Å². The molecule has 4 nitrogen and oxygen atoms in total. The normalized spacial score (nSPS) is 12.9. The molecule has 1 unspecified atom stereocenters. The van der Waals surface area contributed by atoms with Crippen LogP contribution in [0.4, 0.5) is 0 Å². The molecule has 6 heteroatoms. The van der Waals surface area contributed by atoms with Gasteiger partial charge >= 0.3 is 0 Å². The third-order valence-corrected chi connectivity index (χ3v) is 3.51. The molecule has 1 N–H and O–H groups in total. The molecule has 0 aliphatic rings. The lowest BCUT2D eigenvalue weighted by molar-refractivity contribution is 0.211. The van der Waals surface area contributed by atoms with Crippen molar-refractivity contribution in [1.29, 1.82) is 0 Å². The van der Waals surface area contributed by atoms with E-state index in [0.29, 0.717) is 10.0 Å². The lowest BCUT2D eigenvalue weighted by Gasteiger charge is -2.09. The Balaban J connectivity index is 2.26. The van der Waals surface area contributed by atoms with Crippen molar-refractivity contribution in [1.82, 2.24) is 15.0 Å². The average Bonchev–Trinajstić information content (AvgIpc) is 2.87. The molecule has 0 spiro atoms. The van der Waals surface area contributed by atoms with Gasteiger partial charge in [-0.05, 0) is 18.6 Å². The quantitative estimate of drug-likeness (QED) is 0.916. The standard InChI is InChI=1S/C10H12ClN3OS/c1-2-5-14-7(6-12-13-14)10(15)8-3-4-9(11)16-8/h3-4,6,10,15H,2,5H2,1H3. The molecule has 2 aromatic rings. The fraction of sp³-hybridized carbons (Fsp3) is 0.400. The van der Waals surface area contributed by atoms with Crippen molar-refractivity contribution < 1.29 is 5.11 Å². The van der Waals surface area contributed by atoms with Gasteiger partial charge in [-0.15, -0.1) is 16.4 Å². The molecule has 2 heterocycles. The summed E-state index contributed by atoms with van der Waals surface area (Å²) < 4.78 is 2.39. The summed E-state index contributed by atoms with van der Waals surface area (Å²) in [5.74, 6) is 0. The summed E-state index contributed by atoms with van der Waals surface area (Å²) in [6.07, 6.45) is 1.85. The van der Waals surface area contributed by atoms with Crippen LogP contribution in [-0.2, 0) is 6.54 Å². The molecule has 16 heavy (non-hydrogen) atoms. The predicted octanol–water partition coefficient (Wildman–Crippen LogP) is 2.48. The Kier molecular flexibility index (Phi) is 3.58. The topological polar surface area (TPSA) is 50.9 Å². The second kappa shape index (κ2) is 4.95. The van der Waals surface area contributed by atoms with Gasteiger partial charge in [-0.1, -0.05) is 23.7 Å². The van der Waals surface area contributed by atoms with E-state index in [1.54, 1.807) is 16.9 Å². The van der Waals surface area contributed by atoms with E-state index < -0.39 is 6.10 Å². The molecule has 2 aromatic heterocycles. The Hall–Kier alpha value is -0.910. The summed E-state index contributed by atoms with van der Waals surface area (Å²) in [4.78, 5) is 0.810. The van der Waals surface area contributed by atoms with E-state index in [4.69, 9.17) is 11.6 Å². The molecule has 0 saturated heterocycles. The SMILES string of the molecule is CCCn1nncc1C(O)c1ccc(Cl)s1. The monoisotopic (exact) mass is 257 g/mol. The third-order valence-electron chi connectivity index (χ3n) is 2.23. The second-order valence-corrected chi connectivity index (χ2v) is 5.17. The fourth-order valence-corrected chi connectivity index (χ4v) is 2.54. The van der Waals surface area contributed by atoms with Gasteiger partial charge in [0.15, 0.2) is 0 Å². The number of aliphatic hydroxyl groups is 1. The minimum absolute atomic E-state index is 0.670. The zero-order valence-electron chi connectivity index (χ0n) is 8.80. The number of hydrogen-bond donors (Lipinski definition) is 1. The van der Waals surface area contributed by atoms with Gasteiger partial charge in [0.25, 0.3) is 0 Å². The van der Waals surface area contributed by atoms with Gasteiger partial charge in [-0.25, -0.2) is 4.68 Å². The van der Waals surface area contributed by atoms with E-state index in [1.807, 2.05) is 6.07 Å². The van der Waals surface area contributed by atoms with E-state index in [2.05, 4.69) is 17.2 Å². The Bertz CT molecular complexity index is 468. The molecule has 0 radical (unpaired) electrons. The molecule has 1 atom stereocenters. The lowest BCUT2D eigenvalue weighted by Crippen LogP contribution is -2.09. The van der Waals surface area contributed by atoms with Crippen LogP contribution < -0.4 is 0 Å². The summed E-state index contributed by atoms with van der Waals surface area (Å²) >= 11 is 7.20. The maximum Gasteiger partial charge on any atom is 0.131 e. The van der Waals surface area contributed by atoms with Gasteiger partial charge in [0.1, 0.15) is 6.10 Å². The van der Waals surface area contributed by atoms with Crippen molar-refractivity contribution in [3.63, 3.8) is 0 Å². The fourth-order valence-electron chi connectivity index (χ4n) is 1.48. The van der Waals surface area contributed by atoms with Crippen LogP contribution in [0.1, 0.15) is 30.0 Å². The first-order valence-electron chi connectivity index (χ1n) is 5.04. The summed E-state index contributed by atoms with van der Waals surface area (Å²) in [5.41, 5.74) is 0.709. The summed E-state index contributed by atoms with van der Waals surface area (Å²) in [5, 5.41) is 17.9. The highest BCUT2D eigenvalue weighted by atomic mass is 35.5. The number of aromatic nitrogens is 3. The molecule has 0 saturated carbocycles. The molecule has 0 bridgehead atoms. The van der Waals surface area contributed by atoms with Crippen LogP contribution in [0.25, 0.3) is 0 Å². The van der Waals surface area contributed by atoms with E-state index in [1.165, 1.54) is 11.3 Å². The number of nitrogens with zero attached hydrogens (tertiary/aromatic N) is 3. The van der Waals surface area contributed by atoms with Crippen LogP contribution in [-0.4, -0.2) is 20.1 Å². The lowest BCUT2D eigenvalue weighted by atomic mass is 10.2. The van der Waals surface area contributed by atoms with Crippen LogP contribution in [0.5, 0.6) is 0 Å². The summed E-state index contributed by atoms with van der Waals surface area (Å²) in [6, 6.07) is 3.60. The van der Waals surface area contributed by atoms with Crippen LogP contribution in [0, 0.1) is 0 Å². The van der Waals surface area contributed by atoms with Crippen molar-refractivity contribution in [3.05, 3.63) is 33.2 Å². The van der Waals surface area contributed by atoms with Gasteiger partial charge in [-0.2, -0.15) is 0 Å². The molecular formula is C10H12ClN3OS. The van der Waals surface area contributed by atoms with Gasteiger partial charge in [0, 0.05) is 11.4 Å². The summed E-state index contributed by atoms with van der Waals surface area (Å²) in [7, 11) is 0. The number of thiophene rings is 1. The smallest absolute Gasteiger partial charge is 0.131 e. The second-order valence-electron chi connectivity index (χ2n) is 3.43. The molecule has 0 fully saturated rings. The van der Waals surface area contributed by atoms with Gasteiger partial charge in [0.2, 0.25) is 0 Å². The first kappa shape index (κ1) is 11.6. The minimum Gasteiger partial charge on any atom is -0.381 e. The maximum atomic E-state index is 10.2. The Morgan fingerprint density at radius 3 is 3.00 bits per heavy atom. The number of aliphatic hydroxyl groups excluding tert-OH is 1. The zero-order valence-corrected chi connectivity index (χ0v) is 10.4. The first-order chi connectivity index (χ1) is 7.72. The van der Waals surface area contributed by atoms with Crippen LogP contribution >= 0.6 is 22.9 Å². The van der Waals surface area contributed by atoms with Gasteiger partial charge < -0.3 is 5.11 Å². The average molecular weight is 258 g/mol. The van der Waals surface area contributed by atoms with Crippen LogP contribution in [0.15, 0.2) is 18.3 Å². The largest absolute Gasteiger partial charge is 0.381 e. The van der Waals surface area contributed by atoms with E-state index in [-0.39, 0.29) is 0 Å². The van der Waals surface area contributed by atoms with Crippen LogP contribution in [0.2, 0.25) is 4.34 Å². The molecule has 0 aromatic carbocycles. The highest BCUT2D eigenvalue weighted by Gasteiger charge is 2.17. The number of rotatable bonds is 4. The first-order valence-corrected chi connectivity index (χ1v) is 6.23. The highest BCUT2D eigenvalue weighted by Crippen LogP contribution is 2.30. The van der Waals surface area contributed by atoms with E-state index >= 15 is 0 Å². The Morgan fingerprint density at radius 1 is 1.56 bits per heavy atom. The number of hydrogen-bond acceptors (Lipinski definition) is 4. The molecule has 0 aliphatic heterocycles. The third kappa shape index (κ3) is 2.26. The van der Waals surface area contributed by atoms with Crippen LogP contribution in [0.3, 0.4) is 0 Å². The maximum absolute atomic E-state index is 10.2. The van der Waals surface area contributed by atoms with Crippen molar-refractivity contribution in [3.8, 4) is 0 Å². The molecule has 0 aliphatic carbocycles. The molecule has 86 valence electrons. The van der Waals surface area contributed by atoms with Crippen molar-refractivity contribution in [2.45, 2.75) is 26.0 Å². The Morgan fingerprint density at radius 2 is 2.38 bits per heavy atom. The van der Waals surface area contributed by atoms with Gasteiger partial charge in [0.05, 0.1) is 16.2 Å². The highest BCUT2D eigenvalue weighted by molar-refractivity contribution is 7.16. The van der Waals surface area contributed by atoms with Crippen molar-refractivity contribution in [2.75, 3.05) is 0 Å².